The van der Waals surface area contributed by atoms with Gasteiger partial charge in [0.25, 0.3) is 5.91 Å². The van der Waals surface area contributed by atoms with Gasteiger partial charge in [-0.1, -0.05) is 56.6 Å². The number of carbonyl (C=O) groups excluding carboxylic acids is 1. The number of benzene rings is 2. The number of hydrogen-bond donors (Lipinski definition) is 0. The highest BCUT2D eigenvalue weighted by molar-refractivity contribution is 7.99. The molecular weight excluding hydrogens is 338 g/mol. The van der Waals surface area contributed by atoms with Crippen LogP contribution in [0.25, 0.3) is 0 Å². The summed E-state index contributed by atoms with van der Waals surface area (Å²) >= 11 is 7.78. The van der Waals surface area contributed by atoms with Gasteiger partial charge in [0.05, 0.1) is 0 Å². The van der Waals surface area contributed by atoms with E-state index >= 15 is 0 Å². The molecule has 0 aliphatic carbocycles. The lowest BCUT2D eigenvalue weighted by molar-refractivity contribution is 0.0760. The van der Waals surface area contributed by atoms with Crippen LogP contribution in [-0.2, 0) is 5.41 Å². The summed E-state index contributed by atoms with van der Waals surface area (Å²) < 4.78 is 0. The Morgan fingerprint density at radius 1 is 1.08 bits per heavy atom. The largest absolute Gasteiger partial charge is 0.322 e. The zero-order valence-corrected chi connectivity index (χ0v) is 15.8. The second-order valence-corrected chi connectivity index (χ2v) is 8.73. The molecule has 2 nitrogen and oxygen atoms in total. The Labute approximate surface area is 153 Å². The topological polar surface area (TPSA) is 20.3 Å². The molecule has 1 atom stereocenters. The average Bonchev–Trinajstić information content (AvgIpc) is 3.04. The molecule has 1 fully saturated rings. The lowest BCUT2D eigenvalue weighted by Gasteiger charge is -2.25. The van der Waals surface area contributed by atoms with Crippen molar-refractivity contribution < 1.29 is 4.79 Å². The van der Waals surface area contributed by atoms with Gasteiger partial charge in [0, 0.05) is 22.9 Å². The molecule has 0 N–H and O–H groups in total. The summed E-state index contributed by atoms with van der Waals surface area (Å²) in [5.74, 6) is 1.06. The van der Waals surface area contributed by atoms with E-state index in [0.29, 0.717) is 0 Å². The van der Waals surface area contributed by atoms with E-state index in [1.807, 2.05) is 41.3 Å². The van der Waals surface area contributed by atoms with Gasteiger partial charge in [-0.2, -0.15) is 0 Å². The lowest BCUT2D eigenvalue weighted by atomic mass is 9.86. The Balaban J connectivity index is 1.82. The summed E-state index contributed by atoms with van der Waals surface area (Å²) in [5, 5.41) is 0.787. The minimum Gasteiger partial charge on any atom is -0.322 e. The molecule has 0 aromatic heterocycles. The number of thioether (sulfide) groups is 1. The molecule has 1 saturated heterocycles. The number of carbonyl (C=O) groups is 1. The van der Waals surface area contributed by atoms with Gasteiger partial charge < -0.3 is 4.90 Å². The summed E-state index contributed by atoms with van der Waals surface area (Å²) in [6.07, 6.45) is 0. The van der Waals surface area contributed by atoms with E-state index in [0.717, 1.165) is 28.4 Å². The molecule has 0 radical (unpaired) electrons. The third-order valence-electron chi connectivity index (χ3n) is 4.30. The first-order chi connectivity index (χ1) is 11.4. The SMILES string of the molecule is CC(C)(C)c1ccc(C(=O)N2CCSC2c2ccc(Cl)cc2)cc1. The molecule has 4 heteroatoms. The Kier molecular flexibility index (Phi) is 4.93. The van der Waals surface area contributed by atoms with Gasteiger partial charge in [-0.15, -0.1) is 11.8 Å². The van der Waals surface area contributed by atoms with Gasteiger partial charge >= 0.3 is 0 Å². The highest BCUT2D eigenvalue weighted by Crippen LogP contribution is 2.39. The first kappa shape index (κ1) is 17.4. The Morgan fingerprint density at radius 2 is 1.71 bits per heavy atom. The Hall–Kier alpha value is -1.45. The fourth-order valence-corrected chi connectivity index (χ4v) is 4.24. The van der Waals surface area contributed by atoms with Crippen LogP contribution < -0.4 is 0 Å². The van der Waals surface area contributed by atoms with Crippen LogP contribution in [0.3, 0.4) is 0 Å². The average molecular weight is 360 g/mol. The smallest absolute Gasteiger partial charge is 0.255 e. The summed E-state index contributed by atoms with van der Waals surface area (Å²) in [7, 11) is 0. The van der Waals surface area contributed by atoms with E-state index in [1.54, 1.807) is 11.8 Å². The van der Waals surface area contributed by atoms with Crippen LogP contribution in [0, 0.1) is 0 Å². The molecule has 0 spiro atoms. The van der Waals surface area contributed by atoms with Gasteiger partial charge in [-0.25, -0.2) is 0 Å². The highest BCUT2D eigenvalue weighted by Gasteiger charge is 2.31. The van der Waals surface area contributed by atoms with Gasteiger partial charge in [-0.3, -0.25) is 4.79 Å². The van der Waals surface area contributed by atoms with Gasteiger partial charge in [0.1, 0.15) is 5.37 Å². The standard InChI is InChI=1S/C20H22ClNOS/c1-20(2,3)16-8-4-14(5-9-16)18(23)22-12-13-24-19(22)15-6-10-17(21)11-7-15/h4-11,19H,12-13H2,1-3H3. The molecule has 126 valence electrons. The molecule has 1 heterocycles. The maximum atomic E-state index is 12.9. The first-order valence-electron chi connectivity index (χ1n) is 8.15. The number of halogens is 1. The zero-order chi connectivity index (χ0) is 17.3. The summed E-state index contributed by atoms with van der Waals surface area (Å²) in [6, 6.07) is 15.8. The van der Waals surface area contributed by atoms with Crippen molar-refractivity contribution in [3.05, 3.63) is 70.2 Å². The number of rotatable bonds is 2. The highest BCUT2D eigenvalue weighted by atomic mass is 35.5. The predicted octanol–water partition coefficient (Wildman–Crippen LogP) is 5.53. The van der Waals surface area contributed by atoms with Crippen molar-refractivity contribution in [2.75, 3.05) is 12.3 Å². The van der Waals surface area contributed by atoms with Crippen molar-refractivity contribution >= 4 is 29.3 Å². The van der Waals surface area contributed by atoms with Gasteiger partial charge in [-0.05, 0) is 40.8 Å². The minimum absolute atomic E-state index is 0.0667. The zero-order valence-electron chi connectivity index (χ0n) is 14.3. The first-order valence-corrected chi connectivity index (χ1v) is 9.57. The predicted molar refractivity (Wildman–Crippen MR) is 103 cm³/mol. The number of hydrogen-bond acceptors (Lipinski definition) is 2. The van der Waals surface area contributed by atoms with Crippen LogP contribution in [0.15, 0.2) is 48.5 Å². The quantitative estimate of drug-likeness (QED) is 0.703. The fraction of sp³-hybridized carbons (Fsp3) is 0.350. The van der Waals surface area contributed by atoms with Crippen molar-refractivity contribution in [2.45, 2.75) is 31.6 Å². The van der Waals surface area contributed by atoms with Gasteiger partial charge in [0.15, 0.2) is 0 Å². The van der Waals surface area contributed by atoms with E-state index < -0.39 is 0 Å². The van der Waals surface area contributed by atoms with E-state index in [4.69, 9.17) is 11.6 Å². The molecular formula is C20H22ClNOS. The molecule has 3 rings (SSSR count). The molecule has 1 amide bonds. The van der Waals surface area contributed by atoms with E-state index in [2.05, 4.69) is 32.9 Å². The molecule has 1 unspecified atom stereocenters. The van der Waals surface area contributed by atoms with Crippen LogP contribution in [0.5, 0.6) is 0 Å². The second-order valence-electron chi connectivity index (χ2n) is 7.10. The normalized spacial score (nSPS) is 18.0. The maximum absolute atomic E-state index is 12.9. The van der Waals surface area contributed by atoms with Crippen molar-refractivity contribution in [1.29, 1.82) is 0 Å². The second kappa shape index (κ2) is 6.81. The Morgan fingerprint density at radius 3 is 2.29 bits per heavy atom. The van der Waals surface area contributed by atoms with Gasteiger partial charge in [0.2, 0.25) is 0 Å². The van der Waals surface area contributed by atoms with Crippen LogP contribution in [0.4, 0.5) is 0 Å². The molecule has 1 aliphatic rings. The molecule has 0 saturated carbocycles. The van der Waals surface area contributed by atoms with Crippen LogP contribution in [0.1, 0.15) is 47.6 Å². The summed E-state index contributed by atoms with van der Waals surface area (Å²) in [5.41, 5.74) is 3.21. The monoisotopic (exact) mass is 359 g/mol. The maximum Gasteiger partial charge on any atom is 0.255 e. The molecule has 2 aromatic rings. The molecule has 1 aliphatic heterocycles. The van der Waals surface area contributed by atoms with Crippen molar-refractivity contribution in [3.63, 3.8) is 0 Å². The third-order valence-corrected chi connectivity index (χ3v) is 5.82. The van der Waals surface area contributed by atoms with E-state index in [9.17, 15) is 4.79 Å². The molecule has 0 bridgehead atoms. The number of amides is 1. The summed E-state index contributed by atoms with van der Waals surface area (Å²) in [6.45, 7) is 7.31. The van der Waals surface area contributed by atoms with Crippen LogP contribution in [0.2, 0.25) is 5.02 Å². The Bertz CT molecular complexity index is 719. The molecule has 24 heavy (non-hydrogen) atoms. The lowest BCUT2D eigenvalue weighted by Crippen LogP contribution is -2.30. The van der Waals surface area contributed by atoms with Crippen LogP contribution in [-0.4, -0.2) is 23.1 Å². The third kappa shape index (κ3) is 3.62. The van der Waals surface area contributed by atoms with E-state index in [1.165, 1.54) is 5.56 Å². The molecule has 2 aromatic carbocycles. The van der Waals surface area contributed by atoms with Crippen LogP contribution >= 0.6 is 23.4 Å². The number of nitrogens with zero attached hydrogens (tertiary/aromatic N) is 1. The van der Waals surface area contributed by atoms with E-state index in [-0.39, 0.29) is 16.7 Å². The van der Waals surface area contributed by atoms with Crippen molar-refractivity contribution in [1.82, 2.24) is 4.90 Å². The summed E-state index contributed by atoms with van der Waals surface area (Å²) in [4.78, 5) is 14.9. The minimum atomic E-state index is 0.0667. The fourth-order valence-electron chi connectivity index (χ4n) is 2.86. The van der Waals surface area contributed by atoms with Crippen molar-refractivity contribution in [3.8, 4) is 0 Å². The van der Waals surface area contributed by atoms with Crippen molar-refractivity contribution in [2.24, 2.45) is 0 Å².